The molecule has 0 spiro atoms. The number of ether oxygens (including phenoxy) is 1. The second kappa shape index (κ2) is 8.86. The van der Waals surface area contributed by atoms with Crippen LogP contribution in [0.5, 0.6) is 0 Å². The van der Waals surface area contributed by atoms with Crippen molar-refractivity contribution < 1.29 is 14.3 Å². The zero-order valence-electron chi connectivity index (χ0n) is 14.7. The van der Waals surface area contributed by atoms with Crippen LogP contribution in [0.2, 0.25) is 0 Å². The molecule has 0 aromatic heterocycles. The first-order valence-corrected chi connectivity index (χ1v) is 8.18. The van der Waals surface area contributed by atoms with Crippen LogP contribution < -0.4 is 11.3 Å². The highest BCUT2D eigenvalue weighted by Gasteiger charge is 2.26. The van der Waals surface area contributed by atoms with Gasteiger partial charge >= 0.3 is 6.09 Å². The van der Waals surface area contributed by atoms with Crippen LogP contribution in [0.3, 0.4) is 0 Å². The van der Waals surface area contributed by atoms with E-state index in [9.17, 15) is 9.59 Å². The van der Waals surface area contributed by atoms with Gasteiger partial charge in [0.15, 0.2) is 0 Å². The lowest BCUT2D eigenvalue weighted by atomic mass is 9.94. The Morgan fingerprint density at radius 2 is 1.91 bits per heavy atom. The minimum atomic E-state index is -0.448. The molecule has 0 aliphatic carbocycles. The molecule has 1 aliphatic heterocycles. The van der Waals surface area contributed by atoms with Gasteiger partial charge in [-0.15, -0.1) is 0 Å². The first kappa shape index (κ1) is 19.4. The molecule has 1 rings (SSSR count). The van der Waals surface area contributed by atoms with Gasteiger partial charge in [0.05, 0.1) is 6.42 Å². The molecular weight excluding hydrogens is 296 g/mol. The molecule has 1 heterocycles. The van der Waals surface area contributed by atoms with Gasteiger partial charge < -0.3 is 9.64 Å². The second-order valence-corrected chi connectivity index (χ2v) is 7.06. The fourth-order valence-electron chi connectivity index (χ4n) is 2.51. The fraction of sp³-hybridized carbons (Fsp3) is 0.812. The molecule has 0 saturated carbocycles. The molecule has 1 fully saturated rings. The predicted octanol–water partition coefficient (Wildman–Crippen LogP) is 1.86. The van der Waals surface area contributed by atoms with Gasteiger partial charge in [-0.3, -0.25) is 15.2 Å². The smallest absolute Gasteiger partial charge is 0.410 e. The molecule has 1 aliphatic rings. The molecule has 0 unspecified atom stereocenters. The standard InChI is InChI=1S/C16H30N4O3/c1-12(11-14(21)19-17)18-8-5-13-6-9-20(10-7-13)15(22)23-16(2,3)4/h13H,5-11,17H2,1-4H3,(H,19,21). The summed E-state index contributed by atoms with van der Waals surface area (Å²) in [6.07, 6.45) is 2.93. The zero-order valence-corrected chi connectivity index (χ0v) is 14.7. The number of hydrogen-bond donors (Lipinski definition) is 2. The highest BCUT2D eigenvalue weighted by molar-refractivity contribution is 5.99. The van der Waals surface area contributed by atoms with Crippen LogP contribution in [-0.2, 0) is 9.53 Å². The monoisotopic (exact) mass is 326 g/mol. The van der Waals surface area contributed by atoms with Crippen LogP contribution in [0.1, 0.15) is 53.4 Å². The molecule has 7 nitrogen and oxygen atoms in total. The van der Waals surface area contributed by atoms with Crippen LogP contribution in [0, 0.1) is 5.92 Å². The number of amides is 2. The SMILES string of the molecule is CC(CC(=O)NN)=NCCC1CCN(C(=O)OC(C)(C)C)CC1. The van der Waals surface area contributed by atoms with Crippen molar-refractivity contribution in [2.75, 3.05) is 19.6 Å². The third-order valence-electron chi connectivity index (χ3n) is 3.76. The van der Waals surface area contributed by atoms with Crippen molar-refractivity contribution in [3.8, 4) is 0 Å². The molecule has 0 aromatic rings. The van der Waals surface area contributed by atoms with E-state index in [1.54, 1.807) is 4.90 Å². The van der Waals surface area contributed by atoms with Crippen molar-refractivity contribution in [1.29, 1.82) is 0 Å². The van der Waals surface area contributed by atoms with E-state index in [-0.39, 0.29) is 18.4 Å². The van der Waals surface area contributed by atoms with E-state index in [1.165, 1.54) is 0 Å². The molecule has 0 radical (unpaired) electrons. The van der Waals surface area contributed by atoms with E-state index in [2.05, 4.69) is 10.4 Å². The van der Waals surface area contributed by atoms with Gasteiger partial charge in [-0.25, -0.2) is 10.6 Å². The number of aliphatic imine (C=N–C) groups is 1. The third-order valence-corrected chi connectivity index (χ3v) is 3.76. The number of nitrogens with one attached hydrogen (secondary N) is 1. The van der Waals surface area contributed by atoms with Gasteiger partial charge in [-0.05, 0) is 52.9 Å². The number of carbonyl (C=O) groups excluding carboxylic acids is 2. The van der Waals surface area contributed by atoms with Gasteiger partial charge in [0.2, 0.25) is 5.91 Å². The minimum absolute atomic E-state index is 0.224. The molecule has 0 aromatic carbocycles. The van der Waals surface area contributed by atoms with Gasteiger partial charge in [0.1, 0.15) is 5.60 Å². The summed E-state index contributed by atoms with van der Waals surface area (Å²) >= 11 is 0. The quantitative estimate of drug-likeness (QED) is 0.349. The third kappa shape index (κ3) is 7.97. The molecule has 1 saturated heterocycles. The number of hydrazine groups is 1. The van der Waals surface area contributed by atoms with Gasteiger partial charge in [0.25, 0.3) is 0 Å². The Kier molecular flexibility index (Phi) is 7.48. The number of rotatable bonds is 5. The number of hydrogen-bond acceptors (Lipinski definition) is 5. The summed E-state index contributed by atoms with van der Waals surface area (Å²) in [4.78, 5) is 29.3. The lowest BCUT2D eigenvalue weighted by Gasteiger charge is -2.33. The molecule has 3 N–H and O–H groups in total. The lowest BCUT2D eigenvalue weighted by molar-refractivity contribution is -0.119. The number of carbonyl (C=O) groups is 2. The molecule has 0 atom stereocenters. The van der Waals surface area contributed by atoms with E-state index < -0.39 is 5.60 Å². The van der Waals surface area contributed by atoms with Crippen LogP contribution in [-0.4, -0.2) is 47.8 Å². The molecule has 132 valence electrons. The molecule has 7 heteroatoms. The summed E-state index contributed by atoms with van der Waals surface area (Å²) in [5.41, 5.74) is 2.44. The van der Waals surface area contributed by atoms with Crippen LogP contribution in [0.15, 0.2) is 4.99 Å². The van der Waals surface area contributed by atoms with Crippen molar-refractivity contribution >= 4 is 17.7 Å². The molecule has 0 bridgehead atoms. The summed E-state index contributed by atoms with van der Waals surface area (Å²) < 4.78 is 5.39. The summed E-state index contributed by atoms with van der Waals surface area (Å²) in [6.45, 7) is 9.64. The van der Waals surface area contributed by atoms with E-state index in [0.717, 1.165) is 38.1 Å². The summed E-state index contributed by atoms with van der Waals surface area (Å²) in [5, 5.41) is 0. The Morgan fingerprint density at radius 1 is 1.30 bits per heavy atom. The number of likely N-dealkylation sites (tertiary alicyclic amines) is 1. The highest BCUT2D eigenvalue weighted by Crippen LogP contribution is 2.22. The van der Waals surface area contributed by atoms with E-state index >= 15 is 0 Å². The Labute approximate surface area is 138 Å². The van der Waals surface area contributed by atoms with Crippen LogP contribution >= 0.6 is 0 Å². The van der Waals surface area contributed by atoms with Crippen LogP contribution in [0.4, 0.5) is 4.79 Å². The Hall–Kier alpha value is -1.63. The average molecular weight is 326 g/mol. The van der Waals surface area contributed by atoms with Crippen molar-refractivity contribution in [2.45, 2.75) is 59.0 Å². The maximum Gasteiger partial charge on any atom is 0.410 e. The van der Waals surface area contributed by atoms with E-state index in [1.807, 2.05) is 27.7 Å². The van der Waals surface area contributed by atoms with Gasteiger partial charge in [0, 0.05) is 25.3 Å². The summed E-state index contributed by atoms with van der Waals surface area (Å²) in [5.74, 6) is 5.38. The predicted molar refractivity (Wildman–Crippen MR) is 90.1 cm³/mol. The van der Waals surface area contributed by atoms with Gasteiger partial charge in [-0.1, -0.05) is 0 Å². The Bertz CT molecular complexity index is 435. The normalized spacial score (nSPS) is 17.1. The zero-order chi connectivity index (χ0) is 17.5. The summed E-state index contributed by atoms with van der Waals surface area (Å²) in [7, 11) is 0. The molecule has 23 heavy (non-hydrogen) atoms. The maximum absolute atomic E-state index is 12.0. The van der Waals surface area contributed by atoms with E-state index in [4.69, 9.17) is 10.6 Å². The first-order valence-electron chi connectivity index (χ1n) is 8.18. The number of nitrogens with zero attached hydrogens (tertiary/aromatic N) is 2. The van der Waals surface area contributed by atoms with Crippen molar-refractivity contribution in [1.82, 2.24) is 10.3 Å². The minimum Gasteiger partial charge on any atom is -0.444 e. The Balaban J connectivity index is 2.28. The molecule has 2 amide bonds. The Morgan fingerprint density at radius 3 is 2.43 bits per heavy atom. The summed E-state index contributed by atoms with van der Waals surface area (Å²) in [6, 6.07) is 0. The van der Waals surface area contributed by atoms with Crippen molar-refractivity contribution in [3.63, 3.8) is 0 Å². The van der Waals surface area contributed by atoms with Crippen LogP contribution in [0.25, 0.3) is 0 Å². The number of piperidine rings is 1. The first-order chi connectivity index (χ1) is 10.7. The van der Waals surface area contributed by atoms with E-state index in [0.29, 0.717) is 12.5 Å². The van der Waals surface area contributed by atoms with Crippen molar-refractivity contribution in [2.24, 2.45) is 16.8 Å². The fourth-order valence-corrected chi connectivity index (χ4v) is 2.51. The van der Waals surface area contributed by atoms with Crippen molar-refractivity contribution in [3.05, 3.63) is 0 Å². The number of nitrogens with two attached hydrogens (primary N) is 1. The maximum atomic E-state index is 12.0. The van der Waals surface area contributed by atoms with Gasteiger partial charge in [-0.2, -0.15) is 0 Å². The topological polar surface area (TPSA) is 97.0 Å². The largest absolute Gasteiger partial charge is 0.444 e. The lowest BCUT2D eigenvalue weighted by Crippen LogP contribution is -2.41. The second-order valence-electron chi connectivity index (χ2n) is 7.06. The molecular formula is C16H30N4O3. The average Bonchev–Trinajstić information content (AvgIpc) is 2.46. The highest BCUT2D eigenvalue weighted by atomic mass is 16.6.